The number of nitrogens with one attached hydrogen (secondary N) is 2. The lowest BCUT2D eigenvalue weighted by Gasteiger charge is -2.22. The van der Waals surface area contributed by atoms with E-state index in [1.54, 1.807) is 48.5 Å². The maximum atomic E-state index is 12.5. The van der Waals surface area contributed by atoms with E-state index in [-0.39, 0.29) is 30.8 Å². The van der Waals surface area contributed by atoms with Crippen molar-refractivity contribution in [2.24, 2.45) is 0 Å². The van der Waals surface area contributed by atoms with Crippen LogP contribution in [0.15, 0.2) is 48.5 Å². The molecule has 0 aliphatic carbocycles. The molecule has 0 radical (unpaired) electrons. The topological polar surface area (TPSA) is 105 Å². The Morgan fingerprint density at radius 1 is 1.09 bits per heavy atom. The fourth-order valence-electron chi connectivity index (χ4n) is 3.02. The van der Waals surface area contributed by atoms with E-state index in [0.717, 1.165) is 12.7 Å². The van der Waals surface area contributed by atoms with Crippen molar-refractivity contribution in [2.45, 2.75) is 39.2 Å². The summed E-state index contributed by atoms with van der Waals surface area (Å²) in [5, 5.41) is 5.65. The van der Waals surface area contributed by atoms with Crippen LogP contribution >= 0.6 is 0 Å². The minimum Gasteiger partial charge on any atom is -0.497 e. The van der Waals surface area contributed by atoms with Crippen molar-refractivity contribution in [3.63, 3.8) is 0 Å². The van der Waals surface area contributed by atoms with Gasteiger partial charge in [0.05, 0.1) is 30.3 Å². The Bertz CT molecular complexity index is 1020. The third-order valence-electron chi connectivity index (χ3n) is 4.96. The number of carbonyl (C=O) groups excluding carboxylic acids is 2. The Labute approximate surface area is 190 Å². The summed E-state index contributed by atoms with van der Waals surface area (Å²) >= 11 is 0. The minimum absolute atomic E-state index is 0.0196. The maximum Gasteiger partial charge on any atom is 0.253 e. The van der Waals surface area contributed by atoms with Crippen LogP contribution in [0.5, 0.6) is 5.75 Å². The lowest BCUT2D eigenvalue weighted by Crippen LogP contribution is -2.33. The van der Waals surface area contributed by atoms with Gasteiger partial charge in [0.25, 0.3) is 5.91 Å². The Morgan fingerprint density at radius 3 is 2.34 bits per heavy atom. The van der Waals surface area contributed by atoms with Crippen molar-refractivity contribution in [1.82, 2.24) is 5.32 Å². The van der Waals surface area contributed by atoms with Crippen molar-refractivity contribution < 1.29 is 22.7 Å². The molecule has 9 heteroatoms. The highest BCUT2D eigenvalue weighted by atomic mass is 32.2. The molecule has 1 atom stereocenters. The summed E-state index contributed by atoms with van der Waals surface area (Å²) in [5.74, 6) is 0.0765. The Morgan fingerprint density at radius 2 is 1.75 bits per heavy atom. The van der Waals surface area contributed by atoms with Gasteiger partial charge in [0, 0.05) is 19.0 Å². The quantitative estimate of drug-likeness (QED) is 0.534. The number of rotatable bonds is 11. The first kappa shape index (κ1) is 25.2. The molecule has 2 N–H and O–H groups in total. The van der Waals surface area contributed by atoms with Crippen LogP contribution in [0, 0.1) is 0 Å². The van der Waals surface area contributed by atoms with Gasteiger partial charge in [-0.15, -0.1) is 0 Å². The Hall–Kier alpha value is -3.07. The number of hydrogen-bond donors (Lipinski definition) is 2. The van der Waals surface area contributed by atoms with Crippen LogP contribution in [0.25, 0.3) is 0 Å². The zero-order valence-corrected chi connectivity index (χ0v) is 19.7. The Kier molecular flexibility index (Phi) is 9.07. The first-order valence-electron chi connectivity index (χ1n) is 10.5. The zero-order chi connectivity index (χ0) is 23.7. The van der Waals surface area contributed by atoms with E-state index >= 15 is 0 Å². The van der Waals surface area contributed by atoms with Crippen molar-refractivity contribution in [1.29, 1.82) is 0 Å². The maximum absolute atomic E-state index is 12.5. The molecule has 0 spiro atoms. The van der Waals surface area contributed by atoms with Gasteiger partial charge in [-0.25, -0.2) is 8.42 Å². The van der Waals surface area contributed by atoms with Crippen molar-refractivity contribution in [3.8, 4) is 5.75 Å². The number of sulfonamides is 1. The molecule has 0 aliphatic heterocycles. The number of para-hydroxylation sites is 1. The summed E-state index contributed by atoms with van der Waals surface area (Å²) in [5.41, 5.74) is 1.31. The van der Waals surface area contributed by atoms with Gasteiger partial charge in [0.1, 0.15) is 5.75 Å². The standard InChI is InChI=1S/C23H31N3O5S/c1-5-17(2)24-23(28)20-9-6-7-10-21(20)25-22(27)11-8-16-26(32(4,29)30)18-12-14-19(31-3)15-13-18/h6-7,9-10,12-15,17H,5,8,11,16H2,1-4H3,(H,24,28)(H,25,27). The molecule has 1 unspecified atom stereocenters. The number of carbonyl (C=O) groups is 2. The molecule has 0 aromatic heterocycles. The molecule has 0 bridgehead atoms. The highest BCUT2D eigenvalue weighted by molar-refractivity contribution is 7.92. The lowest BCUT2D eigenvalue weighted by atomic mass is 10.1. The van der Waals surface area contributed by atoms with Gasteiger partial charge < -0.3 is 15.4 Å². The number of ether oxygens (including phenoxy) is 1. The largest absolute Gasteiger partial charge is 0.497 e. The van der Waals surface area contributed by atoms with Crippen LogP contribution in [0.4, 0.5) is 11.4 Å². The van der Waals surface area contributed by atoms with E-state index in [1.165, 1.54) is 11.4 Å². The predicted molar refractivity (Wildman–Crippen MR) is 127 cm³/mol. The van der Waals surface area contributed by atoms with Gasteiger partial charge >= 0.3 is 0 Å². The van der Waals surface area contributed by atoms with Gasteiger partial charge in [-0.05, 0) is 56.2 Å². The number of benzene rings is 2. The first-order chi connectivity index (χ1) is 15.2. The molecule has 0 aliphatic rings. The Balaban J connectivity index is 2.01. The van der Waals surface area contributed by atoms with Gasteiger partial charge in [-0.3, -0.25) is 13.9 Å². The van der Waals surface area contributed by atoms with Gasteiger partial charge in [-0.2, -0.15) is 0 Å². The van der Waals surface area contributed by atoms with E-state index in [9.17, 15) is 18.0 Å². The van der Waals surface area contributed by atoms with Crippen molar-refractivity contribution in [2.75, 3.05) is 29.5 Å². The monoisotopic (exact) mass is 461 g/mol. The molecule has 0 saturated carbocycles. The summed E-state index contributed by atoms with van der Waals surface area (Å²) in [6.07, 6.45) is 2.34. The van der Waals surface area contributed by atoms with Crippen molar-refractivity contribution in [3.05, 3.63) is 54.1 Å². The predicted octanol–water partition coefficient (Wildman–Crippen LogP) is 3.41. The SMILES string of the molecule is CCC(C)NC(=O)c1ccccc1NC(=O)CCCN(c1ccc(OC)cc1)S(C)(=O)=O. The van der Waals surface area contributed by atoms with E-state index in [2.05, 4.69) is 10.6 Å². The van der Waals surface area contributed by atoms with E-state index in [0.29, 0.717) is 29.1 Å². The highest BCUT2D eigenvalue weighted by Crippen LogP contribution is 2.22. The molecule has 8 nitrogen and oxygen atoms in total. The molecule has 0 fully saturated rings. The second-order valence-corrected chi connectivity index (χ2v) is 9.42. The molecular weight excluding hydrogens is 430 g/mol. The van der Waals surface area contributed by atoms with Crippen LogP contribution in [0.2, 0.25) is 0 Å². The second kappa shape index (κ2) is 11.5. The van der Waals surface area contributed by atoms with Crippen LogP contribution in [-0.2, 0) is 14.8 Å². The summed E-state index contributed by atoms with van der Waals surface area (Å²) in [6.45, 7) is 4.04. The van der Waals surface area contributed by atoms with Crippen LogP contribution in [-0.4, -0.2) is 46.2 Å². The van der Waals surface area contributed by atoms with Gasteiger partial charge in [0.15, 0.2) is 0 Å². The third kappa shape index (κ3) is 7.26. The number of methoxy groups -OCH3 is 1. The first-order valence-corrected chi connectivity index (χ1v) is 12.3. The third-order valence-corrected chi connectivity index (χ3v) is 6.16. The number of hydrogen-bond acceptors (Lipinski definition) is 5. The van der Waals surface area contributed by atoms with Crippen LogP contribution in [0.1, 0.15) is 43.5 Å². The van der Waals surface area contributed by atoms with Crippen LogP contribution < -0.4 is 19.7 Å². The van der Waals surface area contributed by atoms with E-state index < -0.39 is 10.0 Å². The molecule has 2 aromatic rings. The summed E-state index contributed by atoms with van der Waals surface area (Å²) < 4.78 is 30.8. The molecule has 2 amide bonds. The highest BCUT2D eigenvalue weighted by Gasteiger charge is 2.19. The minimum atomic E-state index is -3.52. The molecule has 0 heterocycles. The van der Waals surface area contributed by atoms with Crippen LogP contribution in [0.3, 0.4) is 0 Å². The second-order valence-electron chi connectivity index (χ2n) is 7.51. The van der Waals surface area contributed by atoms with Crippen molar-refractivity contribution >= 4 is 33.2 Å². The lowest BCUT2D eigenvalue weighted by molar-refractivity contribution is -0.116. The zero-order valence-electron chi connectivity index (χ0n) is 18.9. The summed E-state index contributed by atoms with van der Waals surface area (Å²) in [7, 11) is -1.98. The van der Waals surface area contributed by atoms with E-state index in [1.807, 2.05) is 13.8 Å². The number of amides is 2. The molecule has 32 heavy (non-hydrogen) atoms. The number of nitrogens with zero attached hydrogens (tertiary/aromatic N) is 1. The van der Waals surface area contributed by atoms with Gasteiger partial charge in [-0.1, -0.05) is 19.1 Å². The average molecular weight is 462 g/mol. The fourth-order valence-corrected chi connectivity index (χ4v) is 3.99. The fraction of sp³-hybridized carbons (Fsp3) is 0.391. The molecule has 2 rings (SSSR count). The summed E-state index contributed by atoms with van der Waals surface area (Å²) in [4.78, 5) is 25.0. The molecule has 2 aromatic carbocycles. The average Bonchev–Trinajstić information content (AvgIpc) is 2.76. The molecule has 174 valence electrons. The molecular formula is C23H31N3O5S. The summed E-state index contributed by atoms with van der Waals surface area (Å²) in [6, 6.07) is 13.5. The van der Waals surface area contributed by atoms with E-state index in [4.69, 9.17) is 4.74 Å². The van der Waals surface area contributed by atoms with Gasteiger partial charge in [0.2, 0.25) is 15.9 Å². The number of anilines is 2. The normalized spacial score (nSPS) is 12.0. The smallest absolute Gasteiger partial charge is 0.253 e. The molecule has 0 saturated heterocycles.